The van der Waals surface area contributed by atoms with Gasteiger partial charge in [-0.25, -0.2) is 4.98 Å². The first-order valence-corrected chi connectivity index (χ1v) is 4.52. The molecule has 0 atom stereocenters. The zero-order valence-electron chi connectivity index (χ0n) is 8.43. The number of nitrogens with zero attached hydrogens (tertiary/aromatic N) is 2. The third-order valence-electron chi connectivity index (χ3n) is 1.61. The molecule has 0 aliphatic rings. The SMILES string of the molecule is C=Cc1ccccn1.C=Cc1ncc[nH]1. The van der Waals surface area contributed by atoms with Crippen molar-refractivity contribution in [2.24, 2.45) is 0 Å². The molecule has 0 saturated heterocycles. The van der Waals surface area contributed by atoms with Gasteiger partial charge in [0.1, 0.15) is 5.82 Å². The van der Waals surface area contributed by atoms with Gasteiger partial charge in [-0.2, -0.15) is 0 Å². The summed E-state index contributed by atoms with van der Waals surface area (Å²) in [5.41, 5.74) is 0.924. The Labute approximate surface area is 89.2 Å². The number of aromatic amines is 1. The topological polar surface area (TPSA) is 41.6 Å². The van der Waals surface area contributed by atoms with E-state index < -0.39 is 0 Å². The van der Waals surface area contributed by atoms with Crippen molar-refractivity contribution in [1.82, 2.24) is 15.0 Å². The summed E-state index contributed by atoms with van der Waals surface area (Å²) in [4.78, 5) is 10.7. The molecule has 3 heteroatoms. The molecule has 3 nitrogen and oxygen atoms in total. The molecule has 0 spiro atoms. The molecule has 15 heavy (non-hydrogen) atoms. The van der Waals surface area contributed by atoms with E-state index in [1.54, 1.807) is 30.7 Å². The molecule has 0 radical (unpaired) electrons. The number of pyridine rings is 1. The number of H-pyrrole nitrogens is 1. The maximum Gasteiger partial charge on any atom is 0.129 e. The number of hydrogen-bond donors (Lipinski definition) is 1. The lowest BCUT2D eigenvalue weighted by Crippen LogP contribution is -1.73. The molecule has 2 aromatic heterocycles. The summed E-state index contributed by atoms with van der Waals surface area (Å²) in [7, 11) is 0. The van der Waals surface area contributed by atoms with Gasteiger partial charge in [0, 0.05) is 18.6 Å². The maximum atomic E-state index is 3.98. The molecule has 2 aromatic rings. The summed E-state index contributed by atoms with van der Waals surface area (Å²) in [5, 5.41) is 0. The lowest BCUT2D eigenvalue weighted by atomic mass is 10.4. The van der Waals surface area contributed by atoms with Crippen molar-refractivity contribution in [3.8, 4) is 0 Å². The molecular weight excluding hydrogens is 186 g/mol. The van der Waals surface area contributed by atoms with Crippen molar-refractivity contribution in [2.45, 2.75) is 0 Å². The van der Waals surface area contributed by atoms with Crippen molar-refractivity contribution in [3.05, 3.63) is 61.5 Å². The zero-order chi connectivity index (χ0) is 10.9. The highest BCUT2D eigenvalue weighted by atomic mass is 14.9. The normalized spacial score (nSPS) is 8.53. The van der Waals surface area contributed by atoms with Crippen molar-refractivity contribution in [1.29, 1.82) is 0 Å². The molecular formula is C12H13N3. The Balaban J connectivity index is 0.000000151. The van der Waals surface area contributed by atoms with Crippen molar-refractivity contribution >= 4 is 12.2 Å². The molecule has 0 aliphatic heterocycles. The Morgan fingerprint density at radius 2 is 1.93 bits per heavy atom. The number of rotatable bonds is 2. The second-order valence-corrected chi connectivity index (χ2v) is 2.64. The van der Waals surface area contributed by atoms with E-state index in [1.165, 1.54) is 0 Å². The second-order valence-electron chi connectivity index (χ2n) is 2.64. The Bertz CT molecular complexity index is 390. The maximum absolute atomic E-state index is 3.98. The van der Waals surface area contributed by atoms with Gasteiger partial charge in [0.2, 0.25) is 0 Å². The van der Waals surface area contributed by atoms with Crippen LogP contribution in [0.15, 0.2) is 49.9 Å². The van der Waals surface area contributed by atoms with E-state index in [4.69, 9.17) is 0 Å². The molecule has 76 valence electrons. The lowest BCUT2D eigenvalue weighted by Gasteiger charge is -1.84. The molecule has 0 aromatic carbocycles. The molecule has 0 bridgehead atoms. The molecule has 0 amide bonds. The van der Waals surface area contributed by atoms with Gasteiger partial charge in [0.25, 0.3) is 0 Å². The summed E-state index contributed by atoms with van der Waals surface area (Å²) in [6, 6.07) is 5.73. The van der Waals surface area contributed by atoms with Gasteiger partial charge in [-0.1, -0.05) is 19.2 Å². The van der Waals surface area contributed by atoms with E-state index in [0.717, 1.165) is 11.5 Å². The predicted molar refractivity (Wildman–Crippen MR) is 63.0 cm³/mol. The van der Waals surface area contributed by atoms with Crippen LogP contribution in [0.1, 0.15) is 11.5 Å². The molecule has 0 aliphatic carbocycles. The highest BCUT2D eigenvalue weighted by molar-refractivity contribution is 5.40. The fourth-order valence-electron chi connectivity index (χ4n) is 0.886. The number of nitrogens with one attached hydrogen (secondary N) is 1. The first-order valence-electron chi connectivity index (χ1n) is 4.52. The zero-order valence-corrected chi connectivity index (χ0v) is 8.43. The fourth-order valence-corrected chi connectivity index (χ4v) is 0.886. The smallest absolute Gasteiger partial charge is 0.129 e. The minimum absolute atomic E-state index is 0.819. The predicted octanol–water partition coefficient (Wildman–Crippen LogP) is 2.78. The van der Waals surface area contributed by atoms with E-state index >= 15 is 0 Å². The van der Waals surface area contributed by atoms with Crippen molar-refractivity contribution < 1.29 is 0 Å². The van der Waals surface area contributed by atoms with Gasteiger partial charge < -0.3 is 4.98 Å². The fraction of sp³-hybridized carbons (Fsp3) is 0. The summed E-state index contributed by atoms with van der Waals surface area (Å²) in [5.74, 6) is 0.819. The number of imidazole rings is 1. The van der Waals surface area contributed by atoms with Crippen LogP contribution in [-0.2, 0) is 0 Å². The van der Waals surface area contributed by atoms with E-state index in [2.05, 4.69) is 28.1 Å². The minimum Gasteiger partial charge on any atom is -0.345 e. The van der Waals surface area contributed by atoms with Crippen LogP contribution in [0.2, 0.25) is 0 Å². The number of hydrogen-bond acceptors (Lipinski definition) is 2. The molecule has 1 N–H and O–H groups in total. The monoisotopic (exact) mass is 199 g/mol. The van der Waals surface area contributed by atoms with E-state index in [1.807, 2.05) is 18.2 Å². The van der Waals surface area contributed by atoms with Crippen LogP contribution in [0, 0.1) is 0 Å². The minimum atomic E-state index is 0.819. The van der Waals surface area contributed by atoms with Crippen molar-refractivity contribution in [3.63, 3.8) is 0 Å². The van der Waals surface area contributed by atoms with Crippen molar-refractivity contribution in [2.75, 3.05) is 0 Å². The summed E-state index contributed by atoms with van der Waals surface area (Å²) in [6.45, 7) is 7.08. The van der Waals surface area contributed by atoms with Crippen LogP contribution >= 0.6 is 0 Å². The summed E-state index contributed by atoms with van der Waals surface area (Å²) in [6.07, 6.45) is 8.59. The highest BCUT2D eigenvalue weighted by Crippen LogP contribution is 1.91. The average molecular weight is 199 g/mol. The molecule has 0 fully saturated rings. The number of aromatic nitrogens is 3. The van der Waals surface area contributed by atoms with Crippen LogP contribution in [0.25, 0.3) is 12.2 Å². The Hall–Kier alpha value is -2.16. The van der Waals surface area contributed by atoms with Crippen LogP contribution in [0.5, 0.6) is 0 Å². The van der Waals surface area contributed by atoms with Crippen LogP contribution in [0.3, 0.4) is 0 Å². The Kier molecular flexibility index (Phi) is 4.60. The molecule has 0 unspecified atom stereocenters. The third-order valence-corrected chi connectivity index (χ3v) is 1.61. The van der Waals surface area contributed by atoms with Gasteiger partial charge in [-0.05, 0) is 24.3 Å². The third kappa shape index (κ3) is 4.04. The molecule has 2 rings (SSSR count). The standard InChI is InChI=1S/C7H7N.C5H6N2/c1-2-7-5-3-4-6-8-7;1-2-5-6-3-4-7-5/h2-6H,1H2;2-4H,1H2,(H,6,7). The van der Waals surface area contributed by atoms with Gasteiger partial charge in [0.05, 0.1) is 5.69 Å². The highest BCUT2D eigenvalue weighted by Gasteiger charge is 1.78. The van der Waals surface area contributed by atoms with Gasteiger partial charge in [0.15, 0.2) is 0 Å². The second kappa shape index (κ2) is 6.32. The van der Waals surface area contributed by atoms with E-state index in [9.17, 15) is 0 Å². The first-order chi connectivity index (χ1) is 7.36. The van der Waals surface area contributed by atoms with Gasteiger partial charge in [-0.15, -0.1) is 0 Å². The van der Waals surface area contributed by atoms with Gasteiger partial charge >= 0.3 is 0 Å². The van der Waals surface area contributed by atoms with E-state index in [0.29, 0.717) is 0 Å². The molecule has 2 heterocycles. The van der Waals surface area contributed by atoms with E-state index in [-0.39, 0.29) is 0 Å². The van der Waals surface area contributed by atoms with Gasteiger partial charge in [-0.3, -0.25) is 4.98 Å². The largest absolute Gasteiger partial charge is 0.345 e. The molecule has 0 saturated carbocycles. The Morgan fingerprint density at radius 1 is 1.07 bits per heavy atom. The van der Waals surface area contributed by atoms with Crippen LogP contribution in [0.4, 0.5) is 0 Å². The first kappa shape index (κ1) is 10.9. The lowest BCUT2D eigenvalue weighted by molar-refractivity contribution is 1.27. The van der Waals surface area contributed by atoms with Crippen LogP contribution < -0.4 is 0 Å². The summed E-state index contributed by atoms with van der Waals surface area (Å²) >= 11 is 0. The quantitative estimate of drug-likeness (QED) is 0.808. The van der Waals surface area contributed by atoms with Crippen LogP contribution in [-0.4, -0.2) is 15.0 Å². The average Bonchev–Trinajstić information content (AvgIpc) is 2.84. The summed E-state index contributed by atoms with van der Waals surface area (Å²) < 4.78 is 0. The Morgan fingerprint density at radius 3 is 2.27 bits per heavy atom.